The van der Waals surface area contributed by atoms with E-state index in [2.05, 4.69) is 10.3 Å². The monoisotopic (exact) mass is 364 g/mol. The molecule has 0 spiro atoms. The molecule has 0 atom stereocenters. The van der Waals surface area contributed by atoms with Gasteiger partial charge in [-0.2, -0.15) is 0 Å². The maximum absolute atomic E-state index is 12.7. The van der Waals surface area contributed by atoms with Gasteiger partial charge in [0, 0.05) is 23.2 Å². The molecule has 0 bridgehead atoms. The van der Waals surface area contributed by atoms with Gasteiger partial charge in [-0.3, -0.25) is 9.78 Å². The Morgan fingerprint density at radius 3 is 2.11 bits per heavy atom. The number of nitrogens with one attached hydrogen (secondary N) is 1. The second-order valence-electron chi connectivity index (χ2n) is 6.52. The van der Waals surface area contributed by atoms with Crippen LogP contribution in [-0.4, -0.2) is 10.9 Å². The van der Waals surface area contributed by atoms with E-state index in [0.29, 0.717) is 0 Å². The van der Waals surface area contributed by atoms with Crippen molar-refractivity contribution >= 4 is 22.9 Å². The van der Waals surface area contributed by atoms with E-state index in [1.807, 2.05) is 97.1 Å². The number of rotatable bonds is 5. The van der Waals surface area contributed by atoms with Gasteiger partial charge in [0.2, 0.25) is 5.91 Å². The Hall–Kier alpha value is -3.72. The van der Waals surface area contributed by atoms with Crippen LogP contribution < -0.4 is 5.32 Å². The fourth-order valence-electron chi connectivity index (χ4n) is 3.27. The van der Waals surface area contributed by atoms with E-state index in [4.69, 9.17) is 0 Å². The van der Waals surface area contributed by atoms with E-state index in [9.17, 15) is 4.79 Å². The number of nitrogens with zero attached hydrogens (tertiary/aromatic N) is 1. The van der Waals surface area contributed by atoms with Crippen LogP contribution >= 0.6 is 0 Å². The van der Waals surface area contributed by atoms with Gasteiger partial charge in [0.25, 0.3) is 0 Å². The van der Waals surface area contributed by atoms with Crippen LogP contribution in [0.25, 0.3) is 17.0 Å². The SMILES string of the molecule is O=C(/C=C/c1cccc2cccnc12)NC(c1ccccc1)c1ccccc1. The number of carbonyl (C=O) groups is 1. The number of para-hydroxylation sites is 1. The van der Waals surface area contributed by atoms with Crippen LogP contribution in [0.4, 0.5) is 0 Å². The van der Waals surface area contributed by atoms with E-state index < -0.39 is 0 Å². The summed E-state index contributed by atoms with van der Waals surface area (Å²) in [4.78, 5) is 17.1. The summed E-state index contributed by atoms with van der Waals surface area (Å²) < 4.78 is 0. The lowest BCUT2D eigenvalue weighted by atomic mass is 9.98. The first-order valence-corrected chi connectivity index (χ1v) is 9.23. The van der Waals surface area contributed by atoms with Gasteiger partial charge in [-0.05, 0) is 23.3 Å². The summed E-state index contributed by atoms with van der Waals surface area (Å²) in [6.45, 7) is 0. The number of hydrogen-bond acceptors (Lipinski definition) is 2. The van der Waals surface area contributed by atoms with Gasteiger partial charge in [0.1, 0.15) is 0 Å². The molecular formula is C25H20N2O. The van der Waals surface area contributed by atoms with Crippen molar-refractivity contribution in [1.29, 1.82) is 0 Å². The Bertz CT molecular complexity index is 1060. The highest BCUT2D eigenvalue weighted by molar-refractivity contribution is 5.95. The van der Waals surface area contributed by atoms with Crippen molar-refractivity contribution in [2.45, 2.75) is 6.04 Å². The lowest BCUT2D eigenvalue weighted by Gasteiger charge is -2.19. The number of aromatic nitrogens is 1. The predicted octanol–water partition coefficient (Wildman–Crippen LogP) is 5.15. The number of amides is 1. The Morgan fingerprint density at radius 2 is 1.43 bits per heavy atom. The average Bonchev–Trinajstić information content (AvgIpc) is 2.77. The van der Waals surface area contributed by atoms with E-state index in [1.165, 1.54) is 0 Å². The number of benzene rings is 3. The van der Waals surface area contributed by atoms with E-state index in [1.54, 1.807) is 12.3 Å². The fourth-order valence-corrected chi connectivity index (χ4v) is 3.27. The summed E-state index contributed by atoms with van der Waals surface area (Å²) in [6, 6.07) is 29.6. The van der Waals surface area contributed by atoms with Crippen molar-refractivity contribution in [2.75, 3.05) is 0 Å². The molecular weight excluding hydrogens is 344 g/mol. The molecule has 4 aromatic rings. The first kappa shape index (κ1) is 17.7. The number of hydrogen-bond donors (Lipinski definition) is 1. The summed E-state index contributed by atoms with van der Waals surface area (Å²) in [5, 5.41) is 4.17. The molecule has 0 unspecified atom stereocenters. The summed E-state index contributed by atoms with van der Waals surface area (Å²) in [5.74, 6) is -0.148. The third kappa shape index (κ3) is 3.99. The Labute approximate surface area is 164 Å². The zero-order chi connectivity index (χ0) is 19.2. The Morgan fingerprint density at radius 1 is 0.786 bits per heavy atom. The predicted molar refractivity (Wildman–Crippen MR) is 114 cm³/mol. The first-order chi connectivity index (χ1) is 13.8. The molecule has 0 aliphatic rings. The van der Waals surface area contributed by atoms with Crippen LogP contribution in [0.3, 0.4) is 0 Å². The maximum Gasteiger partial charge on any atom is 0.244 e. The molecule has 136 valence electrons. The molecule has 1 aromatic heterocycles. The van der Waals surface area contributed by atoms with Crippen LogP contribution in [-0.2, 0) is 4.79 Å². The number of pyridine rings is 1. The molecule has 3 nitrogen and oxygen atoms in total. The second-order valence-corrected chi connectivity index (χ2v) is 6.52. The normalized spacial score (nSPS) is 11.2. The molecule has 3 aromatic carbocycles. The molecule has 1 N–H and O–H groups in total. The third-order valence-electron chi connectivity index (χ3n) is 4.63. The smallest absolute Gasteiger partial charge is 0.244 e. The van der Waals surface area contributed by atoms with Crippen molar-refractivity contribution in [2.24, 2.45) is 0 Å². The van der Waals surface area contributed by atoms with E-state index in [-0.39, 0.29) is 11.9 Å². The second kappa shape index (κ2) is 8.31. The minimum absolute atomic E-state index is 0.148. The molecule has 0 radical (unpaired) electrons. The zero-order valence-electron chi connectivity index (χ0n) is 15.3. The van der Waals surface area contributed by atoms with Crippen LogP contribution in [0.5, 0.6) is 0 Å². The van der Waals surface area contributed by atoms with Gasteiger partial charge in [-0.1, -0.05) is 84.9 Å². The Kier molecular flexibility index (Phi) is 5.25. The summed E-state index contributed by atoms with van der Waals surface area (Å²) in [6.07, 6.45) is 5.15. The Balaban J connectivity index is 1.59. The highest BCUT2D eigenvalue weighted by Gasteiger charge is 2.15. The minimum Gasteiger partial charge on any atom is -0.342 e. The van der Waals surface area contributed by atoms with Gasteiger partial charge in [-0.15, -0.1) is 0 Å². The summed E-state index contributed by atoms with van der Waals surface area (Å²) in [5.41, 5.74) is 3.89. The third-order valence-corrected chi connectivity index (χ3v) is 4.63. The molecule has 0 aliphatic carbocycles. The largest absolute Gasteiger partial charge is 0.342 e. The molecule has 1 heterocycles. The highest BCUT2D eigenvalue weighted by atomic mass is 16.1. The van der Waals surface area contributed by atoms with Crippen LogP contribution in [0.15, 0.2) is 103 Å². The molecule has 0 fully saturated rings. The van der Waals surface area contributed by atoms with Gasteiger partial charge < -0.3 is 5.32 Å². The molecule has 4 rings (SSSR count). The van der Waals surface area contributed by atoms with Crippen LogP contribution in [0.1, 0.15) is 22.7 Å². The summed E-state index contributed by atoms with van der Waals surface area (Å²) in [7, 11) is 0. The quantitative estimate of drug-likeness (QED) is 0.497. The average molecular weight is 364 g/mol. The zero-order valence-corrected chi connectivity index (χ0v) is 15.3. The molecule has 3 heteroatoms. The van der Waals surface area contributed by atoms with Crippen molar-refractivity contribution in [1.82, 2.24) is 10.3 Å². The van der Waals surface area contributed by atoms with Gasteiger partial charge >= 0.3 is 0 Å². The molecule has 0 aliphatic heterocycles. The van der Waals surface area contributed by atoms with E-state index in [0.717, 1.165) is 27.6 Å². The first-order valence-electron chi connectivity index (χ1n) is 9.23. The lowest BCUT2D eigenvalue weighted by Crippen LogP contribution is -2.27. The number of carbonyl (C=O) groups excluding carboxylic acids is 1. The topological polar surface area (TPSA) is 42.0 Å². The van der Waals surface area contributed by atoms with Gasteiger partial charge in [0.05, 0.1) is 11.6 Å². The standard InChI is InChI=1S/C25H20N2O/c28-23(17-16-22-14-7-13-19-15-8-18-26-24(19)22)27-25(20-9-3-1-4-10-20)21-11-5-2-6-12-21/h1-18,25H,(H,27,28)/b17-16+. The molecule has 0 saturated carbocycles. The van der Waals surface area contributed by atoms with E-state index >= 15 is 0 Å². The van der Waals surface area contributed by atoms with Crippen LogP contribution in [0, 0.1) is 0 Å². The van der Waals surface area contributed by atoms with Crippen molar-refractivity contribution in [3.05, 3.63) is 120 Å². The van der Waals surface area contributed by atoms with Crippen molar-refractivity contribution in [3.63, 3.8) is 0 Å². The minimum atomic E-state index is -0.204. The summed E-state index contributed by atoms with van der Waals surface area (Å²) >= 11 is 0. The van der Waals surface area contributed by atoms with Crippen molar-refractivity contribution in [3.8, 4) is 0 Å². The van der Waals surface area contributed by atoms with Gasteiger partial charge in [-0.25, -0.2) is 0 Å². The van der Waals surface area contributed by atoms with Gasteiger partial charge in [0.15, 0.2) is 0 Å². The van der Waals surface area contributed by atoms with Crippen LogP contribution in [0.2, 0.25) is 0 Å². The maximum atomic E-state index is 12.7. The van der Waals surface area contributed by atoms with Crippen molar-refractivity contribution < 1.29 is 4.79 Å². The highest BCUT2D eigenvalue weighted by Crippen LogP contribution is 2.22. The molecule has 28 heavy (non-hydrogen) atoms. The fraction of sp³-hybridized carbons (Fsp3) is 0.0400. The molecule has 1 amide bonds. The number of fused-ring (bicyclic) bond motifs is 1. The molecule has 0 saturated heterocycles. The lowest BCUT2D eigenvalue weighted by molar-refractivity contribution is -0.116.